The highest BCUT2D eigenvalue weighted by Gasteiger charge is 2.20. The van der Waals surface area contributed by atoms with Gasteiger partial charge in [-0.2, -0.15) is 0 Å². The van der Waals surface area contributed by atoms with Crippen molar-refractivity contribution >= 4 is 5.91 Å². The molecule has 1 aromatic carbocycles. The van der Waals surface area contributed by atoms with Crippen molar-refractivity contribution in [3.8, 4) is 0 Å². The number of carbonyl (C=O) groups excluding carboxylic acids is 1. The van der Waals surface area contributed by atoms with Crippen molar-refractivity contribution in [2.75, 3.05) is 53.4 Å². The summed E-state index contributed by atoms with van der Waals surface area (Å²) in [5.74, 6) is -0.556. The molecule has 6 heteroatoms. The number of nitrogens with zero attached hydrogens (tertiary/aromatic N) is 3. The van der Waals surface area contributed by atoms with E-state index in [1.54, 1.807) is 25.2 Å². The zero-order chi connectivity index (χ0) is 16.8. The molecule has 1 aromatic rings. The fraction of sp³-hybridized carbons (Fsp3) is 0.588. The van der Waals surface area contributed by atoms with Crippen LogP contribution in [0.25, 0.3) is 0 Å². The van der Waals surface area contributed by atoms with Gasteiger partial charge in [0.05, 0.1) is 12.5 Å². The normalized spacial score (nSPS) is 17.9. The van der Waals surface area contributed by atoms with Crippen LogP contribution >= 0.6 is 0 Å². The van der Waals surface area contributed by atoms with Crippen LogP contribution in [-0.4, -0.2) is 85.2 Å². The zero-order valence-electron chi connectivity index (χ0n) is 13.9. The topological polar surface area (TPSA) is 47.0 Å². The number of benzene rings is 1. The number of aliphatic hydroxyl groups is 1. The second kappa shape index (κ2) is 8.38. The standard InChI is InChI=1S/C17H26FN3O2/c1-19-7-9-21(10-8-19)13-15(22)12-20(2)17(23)11-14-5-3-4-6-16(14)18/h3-6,15,22H,7-13H2,1-2H3. The van der Waals surface area contributed by atoms with Gasteiger partial charge in [-0.05, 0) is 18.7 Å². The molecule has 1 unspecified atom stereocenters. The van der Waals surface area contributed by atoms with Gasteiger partial charge in [0, 0.05) is 46.3 Å². The van der Waals surface area contributed by atoms with E-state index in [0.29, 0.717) is 12.1 Å². The summed E-state index contributed by atoms with van der Waals surface area (Å²) in [6.07, 6.45) is -0.572. The number of likely N-dealkylation sites (N-methyl/N-ethyl adjacent to an activating group) is 2. The first-order valence-electron chi connectivity index (χ1n) is 8.02. The van der Waals surface area contributed by atoms with Gasteiger partial charge in [0.25, 0.3) is 0 Å². The van der Waals surface area contributed by atoms with Gasteiger partial charge in [0.15, 0.2) is 0 Å². The first-order chi connectivity index (χ1) is 11.0. The average molecular weight is 323 g/mol. The van der Waals surface area contributed by atoms with E-state index in [1.807, 2.05) is 0 Å². The molecule has 2 rings (SSSR count). The molecule has 1 amide bonds. The molecule has 0 aromatic heterocycles. The molecule has 1 atom stereocenters. The SMILES string of the molecule is CN1CCN(CC(O)CN(C)C(=O)Cc2ccccc2F)CC1. The molecule has 0 spiro atoms. The van der Waals surface area contributed by atoms with Crippen molar-refractivity contribution in [2.45, 2.75) is 12.5 Å². The molecule has 0 radical (unpaired) electrons. The van der Waals surface area contributed by atoms with E-state index in [-0.39, 0.29) is 24.7 Å². The first kappa shape index (κ1) is 17.8. The van der Waals surface area contributed by atoms with Gasteiger partial charge in [-0.1, -0.05) is 18.2 Å². The predicted molar refractivity (Wildman–Crippen MR) is 87.7 cm³/mol. The van der Waals surface area contributed by atoms with E-state index in [1.165, 1.54) is 11.0 Å². The van der Waals surface area contributed by atoms with Crippen molar-refractivity contribution in [3.05, 3.63) is 35.6 Å². The maximum Gasteiger partial charge on any atom is 0.226 e. The minimum atomic E-state index is -0.590. The highest BCUT2D eigenvalue weighted by Crippen LogP contribution is 2.09. The van der Waals surface area contributed by atoms with Gasteiger partial charge >= 0.3 is 0 Å². The summed E-state index contributed by atoms with van der Waals surface area (Å²) in [5.41, 5.74) is 0.387. The monoisotopic (exact) mass is 323 g/mol. The van der Waals surface area contributed by atoms with Crippen molar-refractivity contribution in [1.82, 2.24) is 14.7 Å². The Morgan fingerprint density at radius 3 is 2.61 bits per heavy atom. The van der Waals surface area contributed by atoms with Crippen LogP contribution in [0.4, 0.5) is 4.39 Å². The van der Waals surface area contributed by atoms with E-state index in [2.05, 4.69) is 16.8 Å². The number of halogens is 1. The van der Waals surface area contributed by atoms with Crippen molar-refractivity contribution in [1.29, 1.82) is 0 Å². The summed E-state index contributed by atoms with van der Waals surface area (Å²) in [6.45, 7) is 4.68. The third-order valence-electron chi connectivity index (χ3n) is 4.27. The number of hydrogen-bond acceptors (Lipinski definition) is 4. The lowest BCUT2D eigenvalue weighted by molar-refractivity contribution is -0.130. The van der Waals surface area contributed by atoms with Crippen molar-refractivity contribution in [2.24, 2.45) is 0 Å². The van der Waals surface area contributed by atoms with Crippen molar-refractivity contribution < 1.29 is 14.3 Å². The number of rotatable bonds is 6. The number of aliphatic hydroxyl groups excluding tert-OH is 1. The van der Waals surface area contributed by atoms with E-state index < -0.39 is 6.10 Å². The minimum Gasteiger partial charge on any atom is -0.390 e. The number of piperazine rings is 1. The Kier molecular flexibility index (Phi) is 6.50. The maximum atomic E-state index is 13.6. The van der Waals surface area contributed by atoms with E-state index >= 15 is 0 Å². The molecule has 0 bridgehead atoms. The van der Waals surface area contributed by atoms with Gasteiger partial charge < -0.3 is 14.9 Å². The summed E-state index contributed by atoms with van der Waals surface area (Å²) < 4.78 is 13.6. The van der Waals surface area contributed by atoms with Crippen LogP contribution in [0.15, 0.2) is 24.3 Å². The lowest BCUT2D eigenvalue weighted by Crippen LogP contribution is -2.49. The first-order valence-corrected chi connectivity index (χ1v) is 8.02. The van der Waals surface area contributed by atoms with Gasteiger partial charge in [-0.15, -0.1) is 0 Å². The fourth-order valence-electron chi connectivity index (χ4n) is 2.74. The molecule has 23 heavy (non-hydrogen) atoms. The Balaban J connectivity index is 1.77. The number of amides is 1. The summed E-state index contributed by atoms with van der Waals surface area (Å²) in [5, 5.41) is 10.2. The molecule has 0 saturated carbocycles. The van der Waals surface area contributed by atoms with Gasteiger partial charge in [0.1, 0.15) is 5.82 Å². The quantitative estimate of drug-likeness (QED) is 0.825. The van der Waals surface area contributed by atoms with Crippen LogP contribution < -0.4 is 0 Å². The molecule has 1 saturated heterocycles. The molecule has 5 nitrogen and oxygen atoms in total. The third-order valence-corrected chi connectivity index (χ3v) is 4.27. The van der Waals surface area contributed by atoms with Crippen LogP contribution in [0.3, 0.4) is 0 Å². The molecule has 1 aliphatic heterocycles. The Hall–Kier alpha value is -1.50. The van der Waals surface area contributed by atoms with Gasteiger partial charge in [-0.3, -0.25) is 9.69 Å². The Bertz CT molecular complexity index is 518. The van der Waals surface area contributed by atoms with Crippen LogP contribution in [0, 0.1) is 5.82 Å². The molecule has 1 N–H and O–H groups in total. The average Bonchev–Trinajstić information content (AvgIpc) is 2.51. The van der Waals surface area contributed by atoms with Gasteiger partial charge in [0.2, 0.25) is 5.91 Å². The zero-order valence-corrected chi connectivity index (χ0v) is 13.9. The summed E-state index contributed by atoms with van der Waals surface area (Å²) in [4.78, 5) is 18.1. The lowest BCUT2D eigenvalue weighted by atomic mass is 10.1. The Morgan fingerprint density at radius 2 is 1.96 bits per heavy atom. The highest BCUT2D eigenvalue weighted by atomic mass is 19.1. The van der Waals surface area contributed by atoms with E-state index in [9.17, 15) is 14.3 Å². The molecular weight excluding hydrogens is 297 g/mol. The lowest BCUT2D eigenvalue weighted by Gasteiger charge is -2.34. The molecule has 1 heterocycles. The number of hydrogen-bond donors (Lipinski definition) is 1. The molecule has 128 valence electrons. The largest absolute Gasteiger partial charge is 0.390 e. The van der Waals surface area contributed by atoms with Crippen LogP contribution in [-0.2, 0) is 11.2 Å². The van der Waals surface area contributed by atoms with Crippen molar-refractivity contribution in [3.63, 3.8) is 0 Å². The molecule has 0 aliphatic carbocycles. The Morgan fingerprint density at radius 1 is 1.30 bits per heavy atom. The van der Waals surface area contributed by atoms with Crippen LogP contribution in [0.1, 0.15) is 5.56 Å². The van der Waals surface area contributed by atoms with E-state index in [4.69, 9.17) is 0 Å². The second-order valence-corrected chi connectivity index (χ2v) is 6.30. The molecular formula is C17H26FN3O2. The maximum absolute atomic E-state index is 13.6. The van der Waals surface area contributed by atoms with E-state index in [0.717, 1.165) is 26.2 Å². The van der Waals surface area contributed by atoms with Crippen LogP contribution in [0.5, 0.6) is 0 Å². The Labute approximate surface area is 137 Å². The predicted octanol–water partition coefficient (Wildman–Crippen LogP) is 0.435. The number of carbonyl (C=O) groups is 1. The minimum absolute atomic E-state index is 0.0183. The smallest absolute Gasteiger partial charge is 0.226 e. The second-order valence-electron chi connectivity index (χ2n) is 6.30. The van der Waals surface area contributed by atoms with Gasteiger partial charge in [-0.25, -0.2) is 4.39 Å². The fourth-order valence-corrected chi connectivity index (χ4v) is 2.74. The summed E-state index contributed by atoms with van der Waals surface area (Å²) >= 11 is 0. The third kappa shape index (κ3) is 5.57. The van der Waals surface area contributed by atoms with Crippen LogP contribution in [0.2, 0.25) is 0 Å². The molecule has 1 aliphatic rings. The highest BCUT2D eigenvalue weighted by molar-refractivity contribution is 5.78. The molecule has 1 fully saturated rings. The summed E-state index contributed by atoms with van der Waals surface area (Å²) in [6, 6.07) is 6.29. The number of β-amino-alcohol motifs (C(OH)–C–C–N with tert-alkyl or cyclic N) is 1. The summed E-state index contributed by atoms with van der Waals surface area (Å²) in [7, 11) is 3.74.